The fraction of sp³-hybridized carbons (Fsp3) is 0.500. The molecule has 1 aromatic heterocycles. The number of hydrogen-bond donors (Lipinski definition) is 1. The van der Waals surface area contributed by atoms with Crippen LogP contribution in [0.15, 0.2) is 24.4 Å². The lowest BCUT2D eigenvalue weighted by atomic mass is 9.88. The van der Waals surface area contributed by atoms with Crippen LogP contribution < -0.4 is 0 Å². The molecule has 0 radical (unpaired) electrons. The van der Waals surface area contributed by atoms with Gasteiger partial charge in [-0.3, -0.25) is 14.4 Å². The van der Waals surface area contributed by atoms with Gasteiger partial charge in [-0.15, -0.1) is 0 Å². The number of rotatable bonds is 7. The molecule has 110 valence electrons. The molecule has 1 aromatic rings. The van der Waals surface area contributed by atoms with E-state index in [1.807, 2.05) is 0 Å². The van der Waals surface area contributed by atoms with E-state index in [1.165, 1.54) is 13.3 Å². The number of pyridine rings is 1. The maximum Gasteiger partial charge on any atom is 0.389 e. The van der Waals surface area contributed by atoms with E-state index in [2.05, 4.69) is 14.8 Å². The summed E-state index contributed by atoms with van der Waals surface area (Å²) in [6.07, 6.45) is 1.60. The molecule has 1 heterocycles. The van der Waals surface area contributed by atoms with Gasteiger partial charge in [0.1, 0.15) is 0 Å². The second-order valence-corrected chi connectivity index (χ2v) is 4.73. The smallest absolute Gasteiger partial charge is 0.367 e. The highest BCUT2D eigenvalue weighted by molar-refractivity contribution is 7.27. The maximum atomic E-state index is 11.9. The molecule has 0 aliphatic rings. The van der Waals surface area contributed by atoms with Crippen molar-refractivity contribution < 1.29 is 29.0 Å². The lowest BCUT2D eigenvalue weighted by Gasteiger charge is -2.38. The molecule has 0 aliphatic heterocycles. The molecule has 1 rings (SSSR count). The average Bonchev–Trinajstić information content (AvgIpc) is 2.50. The van der Waals surface area contributed by atoms with Gasteiger partial charge in [0.2, 0.25) is 8.46 Å². The summed E-state index contributed by atoms with van der Waals surface area (Å²) < 4.78 is 16.8. The summed E-state index contributed by atoms with van der Waals surface area (Å²) in [5.74, 6) is -1.23. The molecule has 0 aliphatic carbocycles. The monoisotopic (exact) mass is 301 g/mol. The molecule has 20 heavy (non-hydrogen) atoms. The third-order valence-electron chi connectivity index (χ3n) is 3.06. The average molecular weight is 301 g/mol. The highest BCUT2D eigenvalue weighted by Gasteiger charge is 2.60. The van der Waals surface area contributed by atoms with Crippen molar-refractivity contribution in [3.05, 3.63) is 30.1 Å². The molecule has 0 aromatic carbocycles. The summed E-state index contributed by atoms with van der Waals surface area (Å²) in [6, 6.07) is 4.89. The van der Waals surface area contributed by atoms with E-state index >= 15 is 0 Å². The molecule has 2 unspecified atom stereocenters. The van der Waals surface area contributed by atoms with Crippen LogP contribution in [0, 0.1) is 0 Å². The first-order chi connectivity index (χ1) is 9.52. The van der Waals surface area contributed by atoms with Crippen molar-refractivity contribution >= 4 is 14.4 Å². The van der Waals surface area contributed by atoms with Gasteiger partial charge in [-0.2, -0.15) is 4.89 Å². The van der Waals surface area contributed by atoms with Crippen LogP contribution >= 0.6 is 8.46 Å². The molecular formula is C12H16NO6P. The second-order valence-electron chi connectivity index (χ2n) is 3.90. The Labute approximate surface area is 118 Å². The van der Waals surface area contributed by atoms with Gasteiger partial charge in [0.25, 0.3) is 5.34 Å². The van der Waals surface area contributed by atoms with Gasteiger partial charge >= 0.3 is 5.97 Å². The Bertz CT molecular complexity index is 464. The van der Waals surface area contributed by atoms with E-state index in [0.717, 1.165) is 7.11 Å². The van der Waals surface area contributed by atoms with Crippen molar-refractivity contribution in [3.8, 4) is 0 Å². The zero-order chi connectivity index (χ0) is 15.2. The normalized spacial score (nSPS) is 17.2. The Hall–Kier alpha value is -1.40. The van der Waals surface area contributed by atoms with Gasteiger partial charge in [-0.1, -0.05) is 13.0 Å². The predicted molar refractivity (Wildman–Crippen MR) is 68.9 cm³/mol. The second kappa shape index (κ2) is 6.85. The zero-order valence-corrected chi connectivity index (χ0v) is 12.3. The summed E-state index contributed by atoms with van der Waals surface area (Å²) >= 11 is 0. The van der Waals surface area contributed by atoms with Crippen LogP contribution in [0.3, 0.4) is 0 Å². The van der Waals surface area contributed by atoms with Gasteiger partial charge in [0, 0.05) is 13.3 Å². The first kappa shape index (κ1) is 16.7. The fourth-order valence-electron chi connectivity index (χ4n) is 2.01. The minimum Gasteiger partial charge on any atom is -0.367 e. The first-order valence-corrected chi connectivity index (χ1v) is 6.62. The summed E-state index contributed by atoms with van der Waals surface area (Å²) in [5.41, 5.74) is -1.38. The van der Waals surface area contributed by atoms with Gasteiger partial charge < -0.3 is 9.84 Å². The third kappa shape index (κ3) is 2.58. The van der Waals surface area contributed by atoms with Crippen molar-refractivity contribution in [1.29, 1.82) is 0 Å². The SMILES string of the molecule is CCC(OC)(c1ccccn1)C(O)(P=O)C(=O)OOC. The number of carbonyl (C=O) groups excluding carboxylic acids is 1. The molecule has 8 heteroatoms. The van der Waals surface area contributed by atoms with Crippen LogP contribution in [0.4, 0.5) is 0 Å². The van der Waals surface area contributed by atoms with Crippen molar-refractivity contribution in [1.82, 2.24) is 4.98 Å². The third-order valence-corrected chi connectivity index (χ3v) is 3.87. The van der Waals surface area contributed by atoms with Crippen LogP contribution in [0.5, 0.6) is 0 Å². The Morgan fingerprint density at radius 3 is 2.55 bits per heavy atom. The van der Waals surface area contributed by atoms with E-state index in [4.69, 9.17) is 4.74 Å². The number of nitrogens with zero attached hydrogens (tertiary/aromatic N) is 1. The topological polar surface area (TPSA) is 95.0 Å². The molecule has 0 fully saturated rings. The predicted octanol–water partition coefficient (Wildman–Crippen LogP) is 1.42. The van der Waals surface area contributed by atoms with E-state index < -0.39 is 25.4 Å². The highest BCUT2D eigenvalue weighted by atomic mass is 31.1. The lowest BCUT2D eigenvalue weighted by Crippen LogP contribution is -2.55. The Kier molecular flexibility index (Phi) is 5.71. The minimum absolute atomic E-state index is 0.130. The molecule has 0 saturated carbocycles. The molecule has 0 spiro atoms. The van der Waals surface area contributed by atoms with Gasteiger partial charge in [-0.05, 0) is 18.6 Å². The van der Waals surface area contributed by atoms with Gasteiger partial charge in [0.15, 0.2) is 5.60 Å². The quantitative estimate of drug-likeness (QED) is 0.462. The highest BCUT2D eigenvalue weighted by Crippen LogP contribution is 2.45. The Morgan fingerprint density at radius 2 is 2.15 bits per heavy atom. The van der Waals surface area contributed by atoms with Crippen molar-refractivity contribution in [2.24, 2.45) is 0 Å². The first-order valence-electron chi connectivity index (χ1n) is 5.81. The van der Waals surface area contributed by atoms with Crippen LogP contribution in [0.25, 0.3) is 0 Å². The van der Waals surface area contributed by atoms with Crippen molar-refractivity contribution in [2.75, 3.05) is 14.2 Å². The molecule has 0 saturated heterocycles. The van der Waals surface area contributed by atoms with E-state index in [0.29, 0.717) is 0 Å². The maximum absolute atomic E-state index is 11.9. The summed E-state index contributed by atoms with van der Waals surface area (Å²) in [5, 5.41) is 8.05. The van der Waals surface area contributed by atoms with Crippen LogP contribution in [-0.2, 0) is 29.5 Å². The van der Waals surface area contributed by atoms with E-state index in [-0.39, 0.29) is 12.1 Å². The summed E-state index contributed by atoms with van der Waals surface area (Å²) in [7, 11) is 1.50. The lowest BCUT2D eigenvalue weighted by molar-refractivity contribution is -0.275. The number of hydrogen-bond acceptors (Lipinski definition) is 7. The molecule has 1 N–H and O–H groups in total. The standard InChI is InChI=1S/C12H16NO6P/c1-4-11(17-2,9-7-5-6-8-13-9)12(15,20-16)10(14)19-18-3/h5-8,15H,4H2,1-3H3. The fourth-order valence-corrected chi connectivity index (χ4v) is 2.63. The van der Waals surface area contributed by atoms with E-state index in [1.54, 1.807) is 25.1 Å². The molecule has 7 nitrogen and oxygen atoms in total. The molecule has 0 bridgehead atoms. The molecule has 2 atom stereocenters. The number of methoxy groups -OCH3 is 1. The van der Waals surface area contributed by atoms with Crippen LogP contribution in [0.2, 0.25) is 0 Å². The van der Waals surface area contributed by atoms with Gasteiger partial charge in [0.05, 0.1) is 12.8 Å². The molecular weight excluding hydrogens is 285 g/mol. The van der Waals surface area contributed by atoms with E-state index in [9.17, 15) is 14.5 Å². The summed E-state index contributed by atoms with van der Waals surface area (Å²) in [6.45, 7) is 1.66. The van der Waals surface area contributed by atoms with Gasteiger partial charge in [-0.25, -0.2) is 4.79 Å². The Morgan fingerprint density at radius 1 is 1.45 bits per heavy atom. The number of carbonyl (C=O) groups is 1. The van der Waals surface area contributed by atoms with Crippen molar-refractivity contribution in [3.63, 3.8) is 0 Å². The van der Waals surface area contributed by atoms with Crippen LogP contribution in [-0.4, -0.2) is 35.6 Å². The minimum atomic E-state index is -2.49. The number of aromatic nitrogens is 1. The number of aliphatic hydroxyl groups is 1. The molecule has 0 amide bonds. The summed E-state index contributed by atoms with van der Waals surface area (Å²) in [4.78, 5) is 24.6. The largest absolute Gasteiger partial charge is 0.389 e. The van der Waals surface area contributed by atoms with Crippen molar-refractivity contribution in [2.45, 2.75) is 24.3 Å². The number of ether oxygens (including phenoxy) is 1. The Balaban J connectivity index is 3.43. The zero-order valence-electron chi connectivity index (χ0n) is 11.4. The van der Waals surface area contributed by atoms with Crippen LogP contribution in [0.1, 0.15) is 19.0 Å².